The van der Waals surface area contributed by atoms with Crippen LogP contribution < -0.4 is 5.32 Å². The summed E-state index contributed by atoms with van der Waals surface area (Å²) in [5.74, 6) is -2.95. The van der Waals surface area contributed by atoms with Crippen molar-refractivity contribution in [2.75, 3.05) is 19.7 Å². The molecule has 1 aromatic heterocycles. The van der Waals surface area contributed by atoms with Crippen LogP contribution in [0.3, 0.4) is 0 Å². The quantitative estimate of drug-likeness (QED) is 0.340. The second-order valence-corrected chi connectivity index (χ2v) is 10.3. The number of nitrogens with one attached hydrogen (secondary N) is 1. The van der Waals surface area contributed by atoms with Gasteiger partial charge in [0.15, 0.2) is 16.0 Å². The Morgan fingerprint density at radius 1 is 1.26 bits per heavy atom. The highest BCUT2D eigenvalue weighted by Crippen LogP contribution is 2.33. The lowest BCUT2D eigenvalue weighted by Crippen LogP contribution is -2.51. The molecule has 35 heavy (non-hydrogen) atoms. The van der Waals surface area contributed by atoms with Crippen LogP contribution in [0.15, 0.2) is 52.2 Å². The van der Waals surface area contributed by atoms with Gasteiger partial charge >= 0.3 is 5.97 Å². The SMILES string of the molecule is CC(=O)N[C@@H](Sc1nc(-c2ccc(C(=O)O)cc2)cs1)[C@@H]1CN(Cc2ccc(F)c(F)c2)CCO1. The number of carboxylic acid groups (broad SMARTS) is 1. The zero-order valence-corrected chi connectivity index (χ0v) is 20.4. The van der Waals surface area contributed by atoms with E-state index in [1.807, 2.05) is 5.38 Å². The molecule has 1 amide bonds. The van der Waals surface area contributed by atoms with Crippen LogP contribution in [-0.2, 0) is 16.1 Å². The van der Waals surface area contributed by atoms with Gasteiger partial charge in [0.05, 0.1) is 17.9 Å². The lowest BCUT2D eigenvalue weighted by Gasteiger charge is -2.36. The molecule has 0 radical (unpaired) electrons. The van der Waals surface area contributed by atoms with Crippen molar-refractivity contribution in [1.29, 1.82) is 0 Å². The number of carboxylic acids is 1. The van der Waals surface area contributed by atoms with Crippen LogP contribution in [0, 0.1) is 11.6 Å². The van der Waals surface area contributed by atoms with Gasteiger partial charge in [-0.3, -0.25) is 9.69 Å². The van der Waals surface area contributed by atoms with Gasteiger partial charge in [-0.1, -0.05) is 30.0 Å². The molecule has 0 unspecified atom stereocenters. The summed E-state index contributed by atoms with van der Waals surface area (Å²) in [5, 5.41) is 13.5. The second-order valence-electron chi connectivity index (χ2n) is 8.01. The Morgan fingerprint density at radius 2 is 2.03 bits per heavy atom. The van der Waals surface area contributed by atoms with Crippen molar-refractivity contribution >= 4 is 35.0 Å². The molecule has 2 N–H and O–H groups in total. The Bertz CT molecular complexity index is 1210. The standard InChI is InChI=1S/C24H23F2N3O4S2/c1-14(30)27-22(21-12-29(8-9-33-21)11-15-2-7-18(25)19(26)10-15)35-24-28-20(13-34-24)16-3-5-17(6-4-16)23(31)32/h2-7,10,13,21-22H,8-9,11-12H2,1H3,(H,27,30)(H,31,32)/t21-,22-/m0/s1. The monoisotopic (exact) mass is 519 g/mol. The molecular formula is C24H23F2N3O4S2. The minimum atomic E-state index is -0.990. The number of aromatic nitrogens is 1. The molecule has 184 valence electrons. The summed E-state index contributed by atoms with van der Waals surface area (Å²) >= 11 is 2.80. The Hall–Kier alpha value is -2.86. The van der Waals surface area contributed by atoms with E-state index in [-0.39, 0.29) is 17.6 Å². The third-order valence-electron chi connectivity index (χ3n) is 5.39. The number of hydrogen-bond donors (Lipinski definition) is 2. The number of carbonyl (C=O) groups excluding carboxylic acids is 1. The first-order valence-corrected chi connectivity index (χ1v) is 12.6. The van der Waals surface area contributed by atoms with Crippen molar-refractivity contribution < 1.29 is 28.2 Å². The highest BCUT2D eigenvalue weighted by Gasteiger charge is 2.30. The van der Waals surface area contributed by atoms with E-state index in [0.717, 1.165) is 16.0 Å². The molecule has 1 fully saturated rings. The largest absolute Gasteiger partial charge is 0.478 e. The molecule has 0 aliphatic carbocycles. The minimum absolute atomic E-state index is 0.201. The average Bonchev–Trinajstić information content (AvgIpc) is 3.29. The van der Waals surface area contributed by atoms with Crippen molar-refractivity contribution in [3.8, 4) is 11.3 Å². The van der Waals surface area contributed by atoms with Gasteiger partial charge in [-0.15, -0.1) is 11.3 Å². The van der Waals surface area contributed by atoms with Gasteiger partial charge in [0.1, 0.15) is 11.5 Å². The first-order chi connectivity index (χ1) is 16.8. The van der Waals surface area contributed by atoms with Crippen LogP contribution in [0.25, 0.3) is 11.3 Å². The zero-order chi connectivity index (χ0) is 24.9. The molecule has 11 heteroatoms. The van der Waals surface area contributed by atoms with E-state index in [4.69, 9.17) is 9.84 Å². The number of carbonyl (C=O) groups is 2. The number of morpholine rings is 1. The van der Waals surface area contributed by atoms with Gasteiger partial charge in [0.2, 0.25) is 5.91 Å². The summed E-state index contributed by atoms with van der Waals surface area (Å²) in [6.07, 6.45) is -0.342. The topological polar surface area (TPSA) is 91.8 Å². The second kappa shape index (κ2) is 11.3. The molecular weight excluding hydrogens is 496 g/mol. The Labute approximate surface area is 209 Å². The fourth-order valence-electron chi connectivity index (χ4n) is 3.69. The van der Waals surface area contributed by atoms with Gasteiger partial charge in [0.25, 0.3) is 0 Å². The maximum absolute atomic E-state index is 13.6. The lowest BCUT2D eigenvalue weighted by atomic mass is 10.1. The van der Waals surface area contributed by atoms with E-state index in [2.05, 4.69) is 15.2 Å². The molecule has 1 aliphatic heterocycles. The zero-order valence-electron chi connectivity index (χ0n) is 18.7. The van der Waals surface area contributed by atoms with Crippen LogP contribution in [0.1, 0.15) is 22.8 Å². The maximum atomic E-state index is 13.6. The van der Waals surface area contributed by atoms with Crippen LogP contribution in [0.2, 0.25) is 0 Å². The van der Waals surface area contributed by atoms with E-state index < -0.39 is 23.0 Å². The molecule has 2 heterocycles. The summed E-state index contributed by atoms with van der Waals surface area (Å²) in [6.45, 7) is 3.42. The van der Waals surface area contributed by atoms with E-state index in [0.29, 0.717) is 37.5 Å². The fraction of sp³-hybridized carbons (Fsp3) is 0.292. The number of nitrogens with zero attached hydrogens (tertiary/aromatic N) is 2. The van der Waals surface area contributed by atoms with E-state index >= 15 is 0 Å². The lowest BCUT2D eigenvalue weighted by molar-refractivity contribution is -0.120. The van der Waals surface area contributed by atoms with Crippen LogP contribution in [0.5, 0.6) is 0 Å². The van der Waals surface area contributed by atoms with E-state index in [9.17, 15) is 18.4 Å². The van der Waals surface area contributed by atoms with Crippen molar-refractivity contribution in [3.05, 3.63) is 70.6 Å². The summed E-state index contributed by atoms with van der Waals surface area (Å²) in [7, 11) is 0. The van der Waals surface area contributed by atoms with Crippen LogP contribution in [-0.4, -0.2) is 58.0 Å². The highest BCUT2D eigenvalue weighted by atomic mass is 32.2. The molecule has 4 rings (SSSR count). The molecule has 3 aromatic rings. The molecule has 1 aliphatic rings. The van der Waals surface area contributed by atoms with Gasteiger partial charge in [0, 0.05) is 37.5 Å². The molecule has 1 saturated heterocycles. The van der Waals surface area contributed by atoms with Gasteiger partial charge in [-0.2, -0.15) is 0 Å². The number of halogens is 2. The van der Waals surface area contributed by atoms with Crippen LogP contribution >= 0.6 is 23.1 Å². The predicted octanol–water partition coefficient (Wildman–Crippen LogP) is 4.24. The number of ether oxygens (including phenoxy) is 1. The van der Waals surface area contributed by atoms with Gasteiger partial charge < -0.3 is 15.2 Å². The number of amides is 1. The molecule has 0 bridgehead atoms. The summed E-state index contributed by atoms with van der Waals surface area (Å²) in [5.41, 5.74) is 2.36. The Balaban J connectivity index is 1.44. The molecule has 2 atom stereocenters. The fourth-order valence-corrected chi connectivity index (χ4v) is 5.83. The number of hydrogen-bond acceptors (Lipinski definition) is 7. The van der Waals surface area contributed by atoms with Gasteiger partial charge in [-0.25, -0.2) is 18.6 Å². The maximum Gasteiger partial charge on any atom is 0.335 e. The van der Waals surface area contributed by atoms with E-state index in [1.165, 1.54) is 48.2 Å². The predicted molar refractivity (Wildman–Crippen MR) is 129 cm³/mol. The summed E-state index contributed by atoms with van der Waals surface area (Å²) in [6, 6.07) is 10.3. The van der Waals surface area contributed by atoms with Crippen molar-refractivity contribution in [1.82, 2.24) is 15.2 Å². The smallest absolute Gasteiger partial charge is 0.335 e. The molecule has 7 nitrogen and oxygen atoms in total. The van der Waals surface area contributed by atoms with Gasteiger partial charge in [-0.05, 0) is 29.8 Å². The normalized spacial score (nSPS) is 17.2. The number of thiazole rings is 1. The van der Waals surface area contributed by atoms with E-state index in [1.54, 1.807) is 18.2 Å². The number of aromatic carboxylic acids is 1. The third kappa shape index (κ3) is 6.63. The van der Waals surface area contributed by atoms with Crippen molar-refractivity contribution in [2.45, 2.75) is 29.3 Å². The number of benzene rings is 2. The summed E-state index contributed by atoms with van der Waals surface area (Å²) < 4.78 is 33.5. The summed E-state index contributed by atoms with van der Waals surface area (Å²) in [4.78, 5) is 29.7. The Morgan fingerprint density at radius 3 is 2.71 bits per heavy atom. The Kier molecular flexibility index (Phi) is 8.11. The number of rotatable bonds is 8. The highest BCUT2D eigenvalue weighted by molar-refractivity contribution is 8.01. The van der Waals surface area contributed by atoms with Crippen molar-refractivity contribution in [3.63, 3.8) is 0 Å². The van der Waals surface area contributed by atoms with Crippen LogP contribution in [0.4, 0.5) is 8.78 Å². The molecule has 0 saturated carbocycles. The molecule has 0 spiro atoms. The average molecular weight is 520 g/mol. The number of thioether (sulfide) groups is 1. The first-order valence-electron chi connectivity index (χ1n) is 10.8. The minimum Gasteiger partial charge on any atom is -0.478 e. The molecule has 2 aromatic carbocycles. The first kappa shape index (κ1) is 25.2. The van der Waals surface area contributed by atoms with Crippen molar-refractivity contribution in [2.24, 2.45) is 0 Å². The third-order valence-corrected chi connectivity index (χ3v) is 7.57.